The summed E-state index contributed by atoms with van der Waals surface area (Å²) in [7, 11) is 0. The monoisotopic (exact) mass is 233 g/mol. The molecule has 5 nitrogen and oxygen atoms in total. The van der Waals surface area contributed by atoms with E-state index in [1.54, 1.807) is 12.1 Å². The average molecular weight is 233 g/mol. The lowest BCUT2D eigenvalue weighted by Gasteiger charge is -2.27. The van der Waals surface area contributed by atoms with Gasteiger partial charge in [-0.3, -0.25) is 9.59 Å². The van der Waals surface area contributed by atoms with Crippen LogP contribution in [0.4, 0.5) is 0 Å². The Labute approximate surface area is 99.4 Å². The van der Waals surface area contributed by atoms with Crippen LogP contribution >= 0.6 is 0 Å². The van der Waals surface area contributed by atoms with Crippen molar-refractivity contribution in [1.29, 1.82) is 0 Å². The molecule has 0 spiro atoms. The fourth-order valence-electron chi connectivity index (χ4n) is 1.70. The fourth-order valence-corrected chi connectivity index (χ4v) is 1.70. The topological polar surface area (TPSA) is 84.2 Å². The summed E-state index contributed by atoms with van der Waals surface area (Å²) >= 11 is 0. The highest BCUT2D eigenvalue weighted by Crippen LogP contribution is 2.13. The molecule has 0 bridgehead atoms. The van der Waals surface area contributed by atoms with E-state index in [4.69, 9.17) is 5.73 Å². The standard InChI is InChI=1S/C12H15N3O2/c13-11(16)10(8-4-2-1-3-5-8)15-12(17)9-6-14-7-9/h1-5,9-10,14H,6-7H2,(H2,13,16)(H,15,17). The maximum atomic E-state index is 11.8. The zero-order valence-electron chi connectivity index (χ0n) is 9.35. The molecule has 4 N–H and O–H groups in total. The van der Waals surface area contributed by atoms with Gasteiger partial charge in [-0.1, -0.05) is 30.3 Å². The summed E-state index contributed by atoms with van der Waals surface area (Å²) in [5.41, 5.74) is 6.02. The number of carbonyl (C=O) groups excluding carboxylic acids is 2. The van der Waals surface area contributed by atoms with Crippen LogP contribution in [-0.4, -0.2) is 24.9 Å². The molecule has 0 aromatic heterocycles. The van der Waals surface area contributed by atoms with E-state index in [0.29, 0.717) is 18.7 Å². The first-order valence-electron chi connectivity index (χ1n) is 5.54. The van der Waals surface area contributed by atoms with Gasteiger partial charge in [0.2, 0.25) is 11.8 Å². The Bertz CT molecular complexity index is 415. The number of benzene rings is 1. The van der Waals surface area contributed by atoms with Gasteiger partial charge in [-0.15, -0.1) is 0 Å². The molecule has 0 radical (unpaired) electrons. The molecule has 1 aromatic carbocycles. The zero-order chi connectivity index (χ0) is 12.3. The molecular weight excluding hydrogens is 218 g/mol. The maximum Gasteiger partial charge on any atom is 0.244 e. The second-order valence-electron chi connectivity index (χ2n) is 4.11. The van der Waals surface area contributed by atoms with Crippen molar-refractivity contribution in [3.8, 4) is 0 Å². The third-order valence-corrected chi connectivity index (χ3v) is 2.86. The van der Waals surface area contributed by atoms with Gasteiger partial charge in [0.1, 0.15) is 6.04 Å². The SMILES string of the molecule is NC(=O)C(NC(=O)C1CNC1)c1ccccc1. The van der Waals surface area contributed by atoms with Gasteiger partial charge in [-0.2, -0.15) is 0 Å². The molecule has 90 valence electrons. The summed E-state index contributed by atoms with van der Waals surface area (Å²) in [5, 5.41) is 5.69. The number of hydrogen-bond donors (Lipinski definition) is 3. The summed E-state index contributed by atoms with van der Waals surface area (Å²) < 4.78 is 0. The van der Waals surface area contributed by atoms with Crippen LogP contribution in [0.15, 0.2) is 30.3 Å². The van der Waals surface area contributed by atoms with Gasteiger partial charge in [0.15, 0.2) is 0 Å². The number of nitrogens with two attached hydrogens (primary N) is 1. The Morgan fingerprint density at radius 3 is 2.41 bits per heavy atom. The maximum absolute atomic E-state index is 11.8. The number of rotatable bonds is 4. The van der Waals surface area contributed by atoms with Gasteiger partial charge < -0.3 is 16.4 Å². The summed E-state index contributed by atoms with van der Waals surface area (Å²) in [5.74, 6) is -0.728. The summed E-state index contributed by atoms with van der Waals surface area (Å²) in [6, 6.07) is 8.26. The summed E-state index contributed by atoms with van der Waals surface area (Å²) in [6.45, 7) is 1.32. The molecule has 1 aliphatic rings. The van der Waals surface area contributed by atoms with Gasteiger partial charge in [-0.25, -0.2) is 0 Å². The molecule has 1 fully saturated rings. The molecule has 0 saturated carbocycles. The van der Waals surface area contributed by atoms with E-state index in [2.05, 4.69) is 10.6 Å². The molecule has 0 aliphatic carbocycles. The van der Waals surface area contributed by atoms with E-state index in [-0.39, 0.29) is 11.8 Å². The molecule has 1 unspecified atom stereocenters. The van der Waals surface area contributed by atoms with Crippen LogP contribution in [0, 0.1) is 5.92 Å². The minimum Gasteiger partial charge on any atom is -0.368 e. The highest BCUT2D eigenvalue weighted by Gasteiger charge is 2.28. The predicted octanol–water partition coefficient (Wildman–Crippen LogP) is -0.451. The number of carbonyl (C=O) groups is 2. The number of primary amides is 1. The van der Waals surface area contributed by atoms with Crippen LogP contribution in [-0.2, 0) is 9.59 Å². The Hall–Kier alpha value is -1.88. The van der Waals surface area contributed by atoms with E-state index in [0.717, 1.165) is 0 Å². The van der Waals surface area contributed by atoms with E-state index >= 15 is 0 Å². The second kappa shape index (κ2) is 4.97. The van der Waals surface area contributed by atoms with E-state index in [9.17, 15) is 9.59 Å². The molecule has 2 rings (SSSR count). The van der Waals surface area contributed by atoms with Crippen molar-refractivity contribution < 1.29 is 9.59 Å². The lowest BCUT2D eigenvalue weighted by molar-refractivity contribution is -0.131. The van der Waals surface area contributed by atoms with E-state index in [1.807, 2.05) is 18.2 Å². The number of amides is 2. The van der Waals surface area contributed by atoms with Crippen molar-refractivity contribution in [3.05, 3.63) is 35.9 Å². The predicted molar refractivity (Wildman–Crippen MR) is 62.9 cm³/mol. The van der Waals surface area contributed by atoms with Crippen LogP contribution in [0.3, 0.4) is 0 Å². The molecule has 2 amide bonds. The van der Waals surface area contributed by atoms with Crippen molar-refractivity contribution in [2.75, 3.05) is 13.1 Å². The normalized spacial score (nSPS) is 16.9. The zero-order valence-corrected chi connectivity index (χ0v) is 9.35. The van der Waals surface area contributed by atoms with Crippen molar-refractivity contribution in [1.82, 2.24) is 10.6 Å². The smallest absolute Gasteiger partial charge is 0.244 e. The highest BCUT2D eigenvalue weighted by molar-refractivity contribution is 5.89. The Morgan fingerprint density at radius 1 is 1.29 bits per heavy atom. The molecule has 1 aliphatic heterocycles. The molecular formula is C12H15N3O2. The minimum absolute atomic E-state index is 0.0550. The third-order valence-electron chi connectivity index (χ3n) is 2.86. The van der Waals surface area contributed by atoms with E-state index in [1.165, 1.54) is 0 Å². The number of hydrogen-bond acceptors (Lipinski definition) is 3. The highest BCUT2D eigenvalue weighted by atomic mass is 16.2. The van der Waals surface area contributed by atoms with Crippen molar-refractivity contribution >= 4 is 11.8 Å². The number of nitrogens with one attached hydrogen (secondary N) is 2. The van der Waals surface area contributed by atoms with Crippen LogP contribution in [0.25, 0.3) is 0 Å². The largest absolute Gasteiger partial charge is 0.368 e. The van der Waals surface area contributed by atoms with Gasteiger partial charge in [0, 0.05) is 13.1 Å². The molecule has 1 atom stereocenters. The average Bonchev–Trinajstić information content (AvgIpc) is 2.24. The first kappa shape index (κ1) is 11.6. The molecule has 1 heterocycles. The fraction of sp³-hybridized carbons (Fsp3) is 0.333. The van der Waals surface area contributed by atoms with Gasteiger partial charge in [0.05, 0.1) is 5.92 Å². The van der Waals surface area contributed by atoms with Crippen molar-refractivity contribution in [2.24, 2.45) is 11.7 Å². The van der Waals surface area contributed by atoms with Crippen LogP contribution in [0.2, 0.25) is 0 Å². The van der Waals surface area contributed by atoms with E-state index < -0.39 is 11.9 Å². The first-order valence-corrected chi connectivity index (χ1v) is 5.54. The van der Waals surface area contributed by atoms with Gasteiger partial charge in [0.25, 0.3) is 0 Å². The molecule has 1 aromatic rings. The van der Waals surface area contributed by atoms with Crippen molar-refractivity contribution in [2.45, 2.75) is 6.04 Å². The quantitative estimate of drug-likeness (QED) is 0.658. The third kappa shape index (κ3) is 2.62. The first-order chi connectivity index (χ1) is 8.18. The Morgan fingerprint density at radius 2 is 1.94 bits per heavy atom. The van der Waals surface area contributed by atoms with Crippen molar-refractivity contribution in [3.63, 3.8) is 0 Å². The molecule has 17 heavy (non-hydrogen) atoms. The molecule has 1 saturated heterocycles. The van der Waals surface area contributed by atoms with Crippen LogP contribution in [0.1, 0.15) is 11.6 Å². The second-order valence-corrected chi connectivity index (χ2v) is 4.11. The summed E-state index contributed by atoms with van der Waals surface area (Å²) in [6.07, 6.45) is 0. The van der Waals surface area contributed by atoms with Crippen LogP contribution in [0.5, 0.6) is 0 Å². The van der Waals surface area contributed by atoms with Crippen LogP contribution < -0.4 is 16.4 Å². The molecule has 5 heteroatoms. The Kier molecular flexibility index (Phi) is 3.39. The van der Waals surface area contributed by atoms with Gasteiger partial charge >= 0.3 is 0 Å². The summed E-state index contributed by atoms with van der Waals surface area (Å²) in [4.78, 5) is 23.1. The lowest BCUT2D eigenvalue weighted by atomic mass is 10.0. The lowest BCUT2D eigenvalue weighted by Crippen LogP contribution is -2.52. The minimum atomic E-state index is -0.746. The Balaban J connectivity index is 2.07. The van der Waals surface area contributed by atoms with Gasteiger partial charge in [-0.05, 0) is 5.56 Å².